The number of ether oxygens (including phenoxy) is 3. The van der Waals surface area contributed by atoms with E-state index in [9.17, 15) is 9.59 Å². The van der Waals surface area contributed by atoms with Crippen LogP contribution < -0.4 is 14.8 Å². The summed E-state index contributed by atoms with van der Waals surface area (Å²) in [4.78, 5) is 26.7. The monoisotopic (exact) mass is 561 g/mol. The molecule has 0 aliphatic carbocycles. The van der Waals surface area contributed by atoms with Gasteiger partial charge in [0.05, 0.1) is 13.7 Å². The number of anilines is 1. The fourth-order valence-corrected chi connectivity index (χ4v) is 5.16. The van der Waals surface area contributed by atoms with Gasteiger partial charge in [-0.2, -0.15) is 0 Å². The lowest BCUT2D eigenvalue weighted by Crippen LogP contribution is -2.12. The zero-order valence-electron chi connectivity index (χ0n) is 21.8. The lowest BCUT2D eigenvalue weighted by molar-refractivity contribution is -0.111. The molecule has 4 rings (SSSR count). The first kappa shape index (κ1) is 28.0. The third kappa shape index (κ3) is 7.07. The number of amides is 1. The fraction of sp³-hybridized carbons (Fsp3) is 0.161. The summed E-state index contributed by atoms with van der Waals surface area (Å²) in [6.07, 6.45) is 3.08. The summed E-state index contributed by atoms with van der Waals surface area (Å²) < 4.78 is 16.7. The topological polar surface area (TPSA) is 73.9 Å². The molecule has 0 aliphatic rings. The maximum absolute atomic E-state index is 12.9. The van der Waals surface area contributed by atoms with Crippen LogP contribution in [0, 0.1) is 6.92 Å². The predicted molar refractivity (Wildman–Crippen MR) is 157 cm³/mol. The second kappa shape index (κ2) is 13.1. The average molecular weight is 562 g/mol. The van der Waals surface area contributed by atoms with Crippen molar-refractivity contribution in [1.82, 2.24) is 0 Å². The number of rotatable bonds is 10. The van der Waals surface area contributed by atoms with Gasteiger partial charge in [0.15, 0.2) is 11.5 Å². The maximum Gasteiger partial charge on any atom is 0.341 e. The van der Waals surface area contributed by atoms with E-state index in [0.717, 1.165) is 21.6 Å². The normalized spacial score (nSPS) is 10.9. The molecule has 39 heavy (non-hydrogen) atoms. The van der Waals surface area contributed by atoms with Crippen LogP contribution in [0.2, 0.25) is 5.02 Å². The van der Waals surface area contributed by atoms with Crippen molar-refractivity contribution in [3.63, 3.8) is 0 Å². The molecule has 0 fully saturated rings. The highest BCUT2D eigenvalue weighted by Crippen LogP contribution is 2.40. The van der Waals surface area contributed by atoms with Gasteiger partial charge in [-0.3, -0.25) is 4.79 Å². The third-order valence-electron chi connectivity index (χ3n) is 5.79. The number of benzene rings is 3. The van der Waals surface area contributed by atoms with Crippen molar-refractivity contribution in [2.45, 2.75) is 20.5 Å². The minimum atomic E-state index is -0.498. The van der Waals surface area contributed by atoms with Gasteiger partial charge < -0.3 is 19.5 Å². The number of hydrogen-bond donors (Lipinski definition) is 1. The minimum absolute atomic E-state index is 0.216. The molecule has 0 saturated heterocycles. The lowest BCUT2D eigenvalue weighted by Gasteiger charge is -2.11. The van der Waals surface area contributed by atoms with Crippen molar-refractivity contribution in [1.29, 1.82) is 0 Å². The Kier molecular flexibility index (Phi) is 9.41. The number of halogens is 1. The number of esters is 1. The Morgan fingerprint density at radius 1 is 1.00 bits per heavy atom. The standard InChI is InChI=1S/C31H28ClNO5S/c1-4-37-31(35)29-28(23-12-14-24(32)15-13-23)20(2)39-30(29)33-27(34)17-11-21-10-16-25(26(18-21)36-3)38-19-22-8-6-5-7-9-22/h5-18H,4,19H2,1-3H3,(H,33,34)/b17-11+. The molecule has 0 aliphatic heterocycles. The molecule has 6 nitrogen and oxygen atoms in total. The van der Waals surface area contributed by atoms with Crippen LogP contribution in [0.3, 0.4) is 0 Å². The molecule has 4 aromatic rings. The van der Waals surface area contributed by atoms with E-state index in [1.807, 2.05) is 55.5 Å². The smallest absolute Gasteiger partial charge is 0.341 e. The number of aryl methyl sites for hydroxylation is 1. The fourth-order valence-electron chi connectivity index (χ4n) is 3.96. The molecule has 0 spiro atoms. The summed E-state index contributed by atoms with van der Waals surface area (Å²) in [5, 5.41) is 3.87. The minimum Gasteiger partial charge on any atom is -0.493 e. The van der Waals surface area contributed by atoms with Gasteiger partial charge in [0.1, 0.15) is 17.2 Å². The van der Waals surface area contributed by atoms with Crippen LogP contribution in [0.25, 0.3) is 17.2 Å². The summed E-state index contributed by atoms with van der Waals surface area (Å²) in [6.45, 7) is 4.27. The van der Waals surface area contributed by atoms with E-state index >= 15 is 0 Å². The molecule has 0 saturated carbocycles. The van der Waals surface area contributed by atoms with Gasteiger partial charge in [-0.15, -0.1) is 11.3 Å². The molecule has 0 radical (unpaired) electrons. The van der Waals surface area contributed by atoms with Crippen molar-refractivity contribution >= 4 is 45.9 Å². The van der Waals surface area contributed by atoms with E-state index in [-0.39, 0.29) is 12.5 Å². The molecule has 0 bridgehead atoms. The molecule has 3 aromatic carbocycles. The molecular formula is C31H28ClNO5S. The van der Waals surface area contributed by atoms with Crippen molar-refractivity contribution in [2.24, 2.45) is 0 Å². The molecule has 1 N–H and O–H groups in total. The molecule has 1 heterocycles. The Balaban J connectivity index is 1.52. The first-order valence-corrected chi connectivity index (χ1v) is 13.5. The van der Waals surface area contributed by atoms with Crippen molar-refractivity contribution in [2.75, 3.05) is 19.0 Å². The van der Waals surface area contributed by atoms with E-state index in [1.54, 1.807) is 44.4 Å². The largest absolute Gasteiger partial charge is 0.493 e. The average Bonchev–Trinajstić information content (AvgIpc) is 3.27. The summed E-state index contributed by atoms with van der Waals surface area (Å²) in [6, 6.07) is 22.5. The highest BCUT2D eigenvalue weighted by molar-refractivity contribution is 7.17. The number of hydrogen-bond acceptors (Lipinski definition) is 6. The van der Waals surface area contributed by atoms with Gasteiger partial charge in [0.25, 0.3) is 0 Å². The van der Waals surface area contributed by atoms with Crippen LogP contribution in [0.1, 0.15) is 33.3 Å². The van der Waals surface area contributed by atoms with Gasteiger partial charge in [-0.1, -0.05) is 60.1 Å². The van der Waals surface area contributed by atoms with E-state index in [1.165, 1.54) is 17.4 Å². The lowest BCUT2D eigenvalue weighted by atomic mass is 10.0. The first-order valence-electron chi connectivity index (χ1n) is 12.3. The number of thiophene rings is 1. The summed E-state index contributed by atoms with van der Waals surface area (Å²) in [5.74, 6) is 0.278. The summed E-state index contributed by atoms with van der Waals surface area (Å²) in [7, 11) is 1.57. The van der Waals surface area contributed by atoms with Gasteiger partial charge in [-0.05, 0) is 60.9 Å². The van der Waals surface area contributed by atoms with Crippen LogP contribution in [0.15, 0.2) is 78.9 Å². The number of methoxy groups -OCH3 is 1. The van der Waals surface area contributed by atoms with Crippen LogP contribution in [-0.2, 0) is 16.1 Å². The Labute approximate surface area is 236 Å². The maximum atomic E-state index is 12.9. The highest BCUT2D eigenvalue weighted by atomic mass is 35.5. The molecule has 0 atom stereocenters. The van der Waals surface area contributed by atoms with E-state index < -0.39 is 5.97 Å². The van der Waals surface area contributed by atoms with Crippen molar-refractivity contribution in [3.05, 3.63) is 105 Å². The second-order valence-electron chi connectivity index (χ2n) is 8.47. The third-order valence-corrected chi connectivity index (χ3v) is 7.06. The zero-order chi connectivity index (χ0) is 27.8. The SMILES string of the molecule is CCOC(=O)c1c(NC(=O)/C=C/c2ccc(OCc3ccccc3)c(OC)c2)sc(C)c1-c1ccc(Cl)cc1. The first-order chi connectivity index (χ1) is 18.9. The Hall–Kier alpha value is -4.07. The van der Waals surface area contributed by atoms with Crippen LogP contribution in [0.5, 0.6) is 11.5 Å². The van der Waals surface area contributed by atoms with Crippen molar-refractivity contribution in [3.8, 4) is 22.6 Å². The molecule has 0 unspecified atom stereocenters. The highest BCUT2D eigenvalue weighted by Gasteiger charge is 2.25. The molecule has 8 heteroatoms. The second-order valence-corrected chi connectivity index (χ2v) is 10.1. The van der Waals surface area contributed by atoms with Crippen LogP contribution in [-0.4, -0.2) is 25.6 Å². The number of carbonyl (C=O) groups excluding carboxylic acids is 2. The summed E-state index contributed by atoms with van der Waals surface area (Å²) >= 11 is 7.37. The van der Waals surface area contributed by atoms with Crippen molar-refractivity contribution < 1.29 is 23.8 Å². The molecule has 200 valence electrons. The van der Waals surface area contributed by atoms with Gasteiger partial charge in [0, 0.05) is 21.5 Å². The van der Waals surface area contributed by atoms with E-state index in [4.69, 9.17) is 25.8 Å². The van der Waals surface area contributed by atoms with E-state index in [0.29, 0.717) is 39.3 Å². The number of carbonyl (C=O) groups is 2. The Morgan fingerprint density at radius 3 is 2.44 bits per heavy atom. The quantitative estimate of drug-likeness (QED) is 0.158. The Morgan fingerprint density at radius 2 is 1.74 bits per heavy atom. The Bertz CT molecular complexity index is 1480. The van der Waals surface area contributed by atoms with Gasteiger partial charge in [0.2, 0.25) is 5.91 Å². The van der Waals surface area contributed by atoms with E-state index in [2.05, 4.69) is 5.32 Å². The molecular weight excluding hydrogens is 534 g/mol. The molecule has 1 amide bonds. The number of nitrogens with one attached hydrogen (secondary N) is 1. The zero-order valence-corrected chi connectivity index (χ0v) is 23.4. The summed E-state index contributed by atoms with van der Waals surface area (Å²) in [5.41, 5.74) is 3.65. The van der Waals surface area contributed by atoms with Crippen LogP contribution >= 0.6 is 22.9 Å². The van der Waals surface area contributed by atoms with Gasteiger partial charge >= 0.3 is 5.97 Å². The predicted octanol–water partition coefficient (Wildman–Crippen LogP) is 7.79. The van der Waals surface area contributed by atoms with Gasteiger partial charge in [-0.25, -0.2) is 4.79 Å². The van der Waals surface area contributed by atoms with Crippen LogP contribution in [0.4, 0.5) is 5.00 Å². The molecule has 1 aromatic heterocycles.